The summed E-state index contributed by atoms with van der Waals surface area (Å²) in [6, 6.07) is 5.06. The van der Waals surface area contributed by atoms with Crippen molar-refractivity contribution in [3.05, 3.63) is 35.4 Å². The molecule has 1 amide bonds. The molecule has 1 heterocycles. The number of nitrogens with two attached hydrogens (primary N) is 1. The topological polar surface area (TPSA) is 55.6 Å². The number of rotatable bonds is 1. The lowest BCUT2D eigenvalue weighted by Gasteiger charge is -2.38. The van der Waals surface area contributed by atoms with Gasteiger partial charge in [-0.1, -0.05) is 18.2 Å². The second-order valence-electron chi connectivity index (χ2n) is 7.16. The predicted molar refractivity (Wildman–Crippen MR) is 84.6 cm³/mol. The molecule has 2 rings (SSSR count). The fraction of sp³-hybridized carbons (Fsp3) is 0.588. The van der Waals surface area contributed by atoms with Gasteiger partial charge in [-0.15, -0.1) is 0 Å². The molecule has 1 saturated heterocycles. The van der Waals surface area contributed by atoms with Gasteiger partial charge in [0.2, 0.25) is 0 Å². The summed E-state index contributed by atoms with van der Waals surface area (Å²) in [6.45, 7) is 5.66. The largest absolute Gasteiger partial charge is 0.444 e. The lowest BCUT2D eigenvalue weighted by atomic mass is 9.85. The summed E-state index contributed by atoms with van der Waals surface area (Å²) in [4.78, 5) is 13.6. The van der Waals surface area contributed by atoms with E-state index in [-0.39, 0.29) is 18.7 Å². The highest BCUT2D eigenvalue weighted by molar-refractivity contribution is 5.68. The minimum Gasteiger partial charge on any atom is -0.444 e. The van der Waals surface area contributed by atoms with E-state index in [9.17, 15) is 18.0 Å². The van der Waals surface area contributed by atoms with Crippen LogP contribution >= 0.6 is 0 Å². The second kappa shape index (κ2) is 6.63. The third kappa shape index (κ3) is 4.63. The normalized spacial score (nSPS) is 22.4. The molecule has 0 aromatic heterocycles. The van der Waals surface area contributed by atoms with Crippen molar-refractivity contribution in [2.24, 2.45) is 5.73 Å². The molecular formula is C17H23F3N2O2. The Morgan fingerprint density at radius 3 is 2.42 bits per heavy atom. The molecule has 1 fully saturated rings. The number of ether oxygens (including phenoxy) is 1. The van der Waals surface area contributed by atoms with Crippen molar-refractivity contribution in [2.75, 3.05) is 13.1 Å². The van der Waals surface area contributed by atoms with Crippen LogP contribution in [0.3, 0.4) is 0 Å². The smallest absolute Gasteiger partial charge is 0.416 e. The van der Waals surface area contributed by atoms with Crippen LogP contribution in [-0.4, -0.2) is 35.7 Å². The highest BCUT2D eigenvalue weighted by atomic mass is 19.4. The van der Waals surface area contributed by atoms with Crippen LogP contribution in [0.5, 0.6) is 0 Å². The summed E-state index contributed by atoms with van der Waals surface area (Å²) < 4.78 is 45.0. The van der Waals surface area contributed by atoms with Gasteiger partial charge in [0.15, 0.2) is 0 Å². The van der Waals surface area contributed by atoms with Crippen molar-refractivity contribution in [3.63, 3.8) is 0 Å². The Labute approximate surface area is 139 Å². The molecule has 0 unspecified atom stereocenters. The molecule has 1 aliphatic heterocycles. The van der Waals surface area contributed by atoms with Gasteiger partial charge < -0.3 is 15.4 Å². The van der Waals surface area contributed by atoms with Gasteiger partial charge in [0.05, 0.1) is 5.56 Å². The first-order chi connectivity index (χ1) is 11.0. The number of carbonyl (C=O) groups is 1. The van der Waals surface area contributed by atoms with E-state index in [4.69, 9.17) is 10.5 Å². The van der Waals surface area contributed by atoms with Crippen LogP contribution in [0.2, 0.25) is 0 Å². The summed E-state index contributed by atoms with van der Waals surface area (Å²) in [7, 11) is 0. The van der Waals surface area contributed by atoms with Gasteiger partial charge in [-0.2, -0.15) is 13.2 Å². The van der Waals surface area contributed by atoms with Crippen molar-refractivity contribution in [3.8, 4) is 0 Å². The van der Waals surface area contributed by atoms with Gasteiger partial charge in [-0.25, -0.2) is 4.79 Å². The van der Waals surface area contributed by atoms with Crippen LogP contribution in [0.4, 0.5) is 18.0 Å². The third-order valence-corrected chi connectivity index (χ3v) is 3.84. The van der Waals surface area contributed by atoms with Gasteiger partial charge in [-0.05, 0) is 38.8 Å². The summed E-state index contributed by atoms with van der Waals surface area (Å²) in [5.41, 5.74) is 4.82. The van der Waals surface area contributed by atoms with E-state index in [1.54, 1.807) is 26.8 Å². The van der Waals surface area contributed by atoms with Gasteiger partial charge >= 0.3 is 12.3 Å². The number of halogens is 3. The SMILES string of the molecule is CC(C)(C)OC(=O)N1C[C@H](N)C[C@H](c2ccccc2C(F)(F)F)C1. The minimum absolute atomic E-state index is 0.162. The van der Waals surface area contributed by atoms with Crippen LogP contribution in [-0.2, 0) is 10.9 Å². The van der Waals surface area contributed by atoms with E-state index in [2.05, 4.69) is 0 Å². The van der Waals surface area contributed by atoms with E-state index >= 15 is 0 Å². The molecule has 2 N–H and O–H groups in total. The monoisotopic (exact) mass is 344 g/mol. The lowest BCUT2D eigenvalue weighted by Crippen LogP contribution is -2.50. The van der Waals surface area contributed by atoms with Crippen LogP contribution in [0.1, 0.15) is 44.2 Å². The number of carbonyl (C=O) groups excluding carboxylic acids is 1. The summed E-state index contributed by atoms with van der Waals surface area (Å²) in [5.74, 6) is -0.473. The Hall–Kier alpha value is -1.76. The number of amides is 1. The maximum atomic E-state index is 13.2. The van der Waals surface area contributed by atoms with Crippen LogP contribution in [0.25, 0.3) is 0 Å². The van der Waals surface area contributed by atoms with E-state index in [0.29, 0.717) is 6.42 Å². The Kier molecular flexibility index (Phi) is 5.13. The molecule has 1 aromatic carbocycles. The van der Waals surface area contributed by atoms with Crippen LogP contribution in [0, 0.1) is 0 Å². The second-order valence-corrected chi connectivity index (χ2v) is 7.16. The molecular weight excluding hydrogens is 321 g/mol. The highest BCUT2D eigenvalue weighted by Gasteiger charge is 2.38. The first kappa shape index (κ1) is 18.6. The van der Waals surface area contributed by atoms with Gasteiger partial charge in [-0.3, -0.25) is 0 Å². The number of piperidine rings is 1. The van der Waals surface area contributed by atoms with Crippen molar-refractivity contribution in [2.45, 2.75) is 50.9 Å². The number of nitrogens with zero attached hydrogens (tertiary/aromatic N) is 1. The highest BCUT2D eigenvalue weighted by Crippen LogP contribution is 2.38. The molecule has 4 nitrogen and oxygen atoms in total. The molecule has 24 heavy (non-hydrogen) atoms. The van der Waals surface area contributed by atoms with Crippen molar-refractivity contribution in [1.29, 1.82) is 0 Å². The maximum absolute atomic E-state index is 13.2. The Morgan fingerprint density at radius 2 is 1.83 bits per heavy atom. The van der Waals surface area contributed by atoms with Gasteiger partial charge in [0.1, 0.15) is 5.60 Å². The van der Waals surface area contributed by atoms with E-state index in [0.717, 1.165) is 6.07 Å². The molecule has 7 heteroatoms. The number of alkyl halides is 3. The number of likely N-dealkylation sites (tertiary alicyclic amines) is 1. The Morgan fingerprint density at radius 1 is 1.21 bits per heavy atom. The molecule has 0 aliphatic carbocycles. The molecule has 0 saturated carbocycles. The number of hydrogen-bond acceptors (Lipinski definition) is 3. The average Bonchev–Trinajstić information content (AvgIpc) is 2.44. The first-order valence-electron chi connectivity index (χ1n) is 7.87. The fourth-order valence-corrected chi connectivity index (χ4v) is 2.95. The summed E-state index contributed by atoms with van der Waals surface area (Å²) >= 11 is 0. The van der Waals surface area contributed by atoms with Crippen LogP contribution in [0.15, 0.2) is 24.3 Å². The molecule has 2 atom stereocenters. The van der Waals surface area contributed by atoms with Gasteiger partial charge in [0, 0.05) is 25.0 Å². The molecule has 134 valence electrons. The standard InChI is InChI=1S/C17H23F3N2O2/c1-16(2,3)24-15(23)22-9-11(8-12(21)10-22)13-6-4-5-7-14(13)17(18,19)20/h4-7,11-12H,8-10,21H2,1-3H3/t11-,12+/m0/s1. The summed E-state index contributed by atoms with van der Waals surface area (Å²) in [6.07, 6.45) is -4.59. The number of hydrogen-bond donors (Lipinski definition) is 1. The van der Waals surface area contributed by atoms with E-state index in [1.165, 1.54) is 17.0 Å². The minimum atomic E-state index is -4.44. The molecule has 0 radical (unpaired) electrons. The van der Waals surface area contributed by atoms with Crippen molar-refractivity contribution in [1.82, 2.24) is 4.90 Å². The Bertz CT molecular complexity index is 596. The molecule has 1 aliphatic rings. The molecule has 1 aromatic rings. The quantitative estimate of drug-likeness (QED) is 0.844. The molecule has 0 spiro atoms. The third-order valence-electron chi connectivity index (χ3n) is 3.84. The zero-order valence-electron chi connectivity index (χ0n) is 14.1. The first-order valence-corrected chi connectivity index (χ1v) is 7.87. The van der Waals surface area contributed by atoms with Crippen molar-refractivity contribution < 1.29 is 22.7 Å². The maximum Gasteiger partial charge on any atom is 0.416 e. The molecule has 0 bridgehead atoms. The van der Waals surface area contributed by atoms with E-state index < -0.39 is 35.4 Å². The van der Waals surface area contributed by atoms with Crippen molar-refractivity contribution >= 4 is 6.09 Å². The number of benzene rings is 1. The zero-order chi connectivity index (χ0) is 18.1. The summed E-state index contributed by atoms with van der Waals surface area (Å²) in [5, 5.41) is 0. The fourth-order valence-electron chi connectivity index (χ4n) is 2.95. The van der Waals surface area contributed by atoms with Gasteiger partial charge in [0.25, 0.3) is 0 Å². The Balaban J connectivity index is 2.25. The average molecular weight is 344 g/mol. The van der Waals surface area contributed by atoms with E-state index in [1.807, 2.05) is 0 Å². The zero-order valence-corrected chi connectivity index (χ0v) is 14.1. The predicted octanol–water partition coefficient (Wildman–Crippen LogP) is 3.76. The van der Waals surface area contributed by atoms with Crippen LogP contribution < -0.4 is 5.73 Å². The lowest BCUT2D eigenvalue weighted by molar-refractivity contribution is -0.138.